The minimum Gasteiger partial charge on any atom is -0.310 e. The Bertz CT molecular complexity index is 339. The fourth-order valence-electron chi connectivity index (χ4n) is 1.35. The van der Waals surface area contributed by atoms with E-state index in [-0.39, 0.29) is 11.6 Å². The van der Waals surface area contributed by atoms with Crippen molar-refractivity contribution in [2.75, 3.05) is 6.54 Å². The van der Waals surface area contributed by atoms with E-state index >= 15 is 0 Å². The molecule has 0 amide bonds. The summed E-state index contributed by atoms with van der Waals surface area (Å²) in [6.07, 6.45) is 0.898. The minimum absolute atomic E-state index is 0.155. The van der Waals surface area contributed by atoms with Crippen molar-refractivity contribution in [1.82, 2.24) is 5.32 Å². The summed E-state index contributed by atoms with van der Waals surface area (Å²) in [6.45, 7) is 4.40. The van der Waals surface area contributed by atoms with Crippen LogP contribution in [0.3, 0.4) is 0 Å². The molecular formula is C11H14F3N. The first-order chi connectivity index (χ1) is 7.07. The average Bonchev–Trinajstić information content (AvgIpc) is 2.23. The van der Waals surface area contributed by atoms with Crippen molar-refractivity contribution in [3.05, 3.63) is 35.1 Å². The second-order valence-electron chi connectivity index (χ2n) is 3.44. The van der Waals surface area contributed by atoms with Crippen molar-refractivity contribution in [1.29, 1.82) is 0 Å². The van der Waals surface area contributed by atoms with Crippen LogP contribution in [0.25, 0.3) is 0 Å². The molecule has 0 bridgehead atoms. The van der Waals surface area contributed by atoms with Crippen LogP contribution in [0.15, 0.2) is 12.1 Å². The third-order valence-electron chi connectivity index (χ3n) is 2.23. The third-order valence-corrected chi connectivity index (χ3v) is 2.23. The Labute approximate surface area is 87.3 Å². The highest BCUT2D eigenvalue weighted by Gasteiger charge is 2.16. The molecule has 0 fully saturated rings. The van der Waals surface area contributed by atoms with Crippen molar-refractivity contribution >= 4 is 0 Å². The Kier molecular flexibility index (Phi) is 4.15. The van der Waals surface area contributed by atoms with E-state index in [0.29, 0.717) is 6.54 Å². The molecule has 0 saturated carbocycles. The van der Waals surface area contributed by atoms with E-state index in [1.807, 2.05) is 6.92 Å². The van der Waals surface area contributed by atoms with Crippen molar-refractivity contribution in [2.45, 2.75) is 26.3 Å². The van der Waals surface area contributed by atoms with Crippen LogP contribution in [0.5, 0.6) is 0 Å². The van der Waals surface area contributed by atoms with Gasteiger partial charge in [0.1, 0.15) is 0 Å². The molecule has 1 aromatic carbocycles. The lowest BCUT2D eigenvalue weighted by molar-refractivity contribution is 0.429. The summed E-state index contributed by atoms with van der Waals surface area (Å²) in [7, 11) is 0. The van der Waals surface area contributed by atoms with Gasteiger partial charge in [0.25, 0.3) is 0 Å². The molecule has 0 spiro atoms. The van der Waals surface area contributed by atoms with Gasteiger partial charge in [-0.2, -0.15) is 0 Å². The minimum atomic E-state index is -1.40. The normalized spacial score (nSPS) is 12.9. The van der Waals surface area contributed by atoms with Crippen molar-refractivity contribution in [3.63, 3.8) is 0 Å². The monoisotopic (exact) mass is 217 g/mol. The van der Waals surface area contributed by atoms with Crippen LogP contribution < -0.4 is 5.32 Å². The lowest BCUT2D eigenvalue weighted by Crippen LogP contribution is -2.20. The van der Waals surface area contributed by atoms with Crippen LogP contribution in [-0.4, -0.2) is 6.54 Å². The zero-order chi connectivity index (χ0) is 11.4. The van der Waals surface area contributed by atoms with E-state index in [2.05, 4.69) is 5.32 Å². The highest BCUT2D eigenvalue weighted by Crippen LogP contribution is 2.20. The van der Waals surface area contributed by atoms with E-state index < -0.39 is 17.5 Å². The van der Waals surface area contributed by atoms with Crippen LogP contribution >= 0.6 is 0 Å². The summed E-state index contributed by atoms with van der Waals surface area (Å²) in [5, 5.41) is 3.01. The van der Waals surface area contributed by atoms with Crippen LogP contribution in [0, 0.1) is 17.5 Å². The van der Waals surface area contributed by atoms with Gasteiger partial charge in [0.15, 0.2) is 17.5 Å². The van der Waals surface area contributed by atoms with Gasteiger partial charge >= 0.3 is 0 Å². The van der Waals surface area contributed by atoms with E-state index in [9.17, 15) is 13.2 Å². The molecule has 1 nitrogen and oxygen atoms in total. The molecule has 1 aromatic rings. The van der Waals surface area contributed by atoms with Crippen LogP contribution in [-0.2, 0) is 0 Å². The van der Waals surface area contributed by atoms with Crippen LogP contribution in [0.2, 0.25) is 0 Å². The van der Waals surface area contributed by atoms with Gasteiger partial charge in [0.05, 0.1) is 0 Å². The molecule has 1 unspecified atom stereocenters. The molecule has 1 rings (SSSR count). The SMILES string of the molecule is CCCNC(C)c1ccc(F)c(F)c1F. The van der Waals surface area contributed by atoms with Crippen LogP contribution in [0.4, 0.5) is 13.2 Å². The number of hydrogen-bond donors (Lipinski definition) is 1. The van der Waals surface area contributed by atoms with Gasteiger partial charge in [0, 0.05) is 11.6 Å². The van der Waals surface area contributed by atoms with Gasteiger partial charge in [-0.05, 0) is 26.0 Å². The highest BCUT2D eigenvalue weighted by atomic mass is 19.2. The van der Waals surface area contributed by atoms with E-state index in [4.69, 9.17) is 0 Å². The number of hydrogen-bond acceptors (Lipinski definition) is 1. The fraction of sp³-hybridized carbons (Fsp3) is 0.455. The maximum Gasteiger partial charge on any atom is 0.194 e. The first-order valence-corrected chi connectivity index (χ1v) is 4.94. The summed E-state index contributed by atoms with van der Waals surface area (Å²) < 4.78 is 38.8. The van der Waals surface area contributed by atoms with E-state index in [1.165, 1.54) is 6.07 Å². The predicted molar refractivity (Wildman–Crippen MR) is 53.0 cm³/mol. The van der Waals surface area contributed by atoms with Gasteiger partial charge in [-0.3, -0.25) is 0 Å². The average molecular weight is 217 g/mol. The summed E-state index contributed by atoms with van der Waals surface area (Å²) in [4.78, 5) is 0. The summed E-state index contributed by atoms with van der Waals surface area (Å²) >= 11 is 0. The first kappa shape index (κ1) is 12.0. The van der Waals surface area contributed by atoms with Gasteiger partial charge in [-0.15, -0.1) is 0 Å². The molecule has 0 aliphatic rings. The second kappa shape index (κ2) is 5.16. The summed E-state index contributed by atoms with van der Waals surface area (Å²) in [5.41, 5.74) is 0.155. The Balaban J connectivity index is 2.90. The van der Waals surface area contributed by atoms with Crippen LogP contribution in [0.1, 0.15) is 31.9 Å². The van der Waals surface area contributed by atoms with Gasteiger partial charge < -0.3 is 5.32 Å². The maximum absolute atomic E-state index is 13.3. The molecule has 0 heterocycles. The molecule has 1 N–H and O–H groups in total. The molecule has 0 aromatic heterocycles. The van der Waals surface area contributed by atoms with E-state index in [0.717, 1.165) is 12.5 Å². The second-order valence-corrected chi connectivity index (χ2v) is 3.44. The molecule has 1 atom stereocenters. The summed E-state index contributed by atoms with van der Waals surface area (Å²) in [5.74, 6) is -3.66. The molecule has 84 valence electrons. The van der Waals surface area contributed by atoms with Gasteiger partial charge in [0.2, 0.25) is 0 Å². The Hall–Kier alpha value is -1.03. The molecular weight excluding hydrogens is 203 g/mol. The lowest BCUT2D eigenvalue weighted by Gasteiger charge is -2.14. The molecule has 4 heteroatoms. The smallest absolute Gasteiger partial charge is 0.194 e. The Morgan fingerprint density at radius 3 is 2.47 bits per heavy atom. The lowest BCUT2D eigenvalue weighted by atomic mass is 10.1. The standard InChI is InChI=1S/C11H14F3N/c1-3-6-15-7(2)8-4-5-9(12)11(14)10(8)13/h4-5,7,15H,3,6H2,1-2H3. The zero-order valence-corrected chi connectivity index (χ0v) is 8.78. The molecule has 0 aliphatic heterocycles. The Morgan fingerprint density at radius 1 is 1.20 bits per heavy atom. The zero-order valence-electron chi connectivity index (χ0n) is 8.78. The van der Waals surface area contributed by atoms with Gasteiger partial charge in [-0.25, -0.2) is 13.2 Å². The molecule has 0 radical (unpaired) electrons. The topological polar surface area (TPSA) is 12.0 Å². The predicted octanol–water partition coefficient (Wildman–Crippen LogP) is 3.16. The number of benzene rings is 1. The quantitative estimate of drug-likeness (QED) is 0.764. The first-order valence-electron chi connectivity index (χ1n) is 4.94. The number of halogens is 3. The van der Waals surface area contributed by atoms with Crippen molar-refractivity contribution in [2.24, 2.45) is 0 Å². The molecule has 0 saturated heterocycles. The van der Waals surface area contributed by atoms with Gasteiger partial charge in [-0.1, -0.05) is 13.0 Å². The molecule has 0 aliphatic carbocycles. The maximum atomic E-state index is 13.3. The molecule has 15 heavy (non-hydrogen) atoms. The van der Waals surface area contributed by atoms with Crippen molar-refractivity contribution < 1.29 is 13.2 Å². The Morgan fingerprint density at radius 2 is 1.87 bits per heavy atom. The highest BCUT2D eigenvalue weighted by molar-refractivity contribution is 5.23. The largest absolute Gasteiger partial charge is 0.310 e. The number of rotatable bonds is 4. The summed E-state index contributed by atoms with van der Waals surface area (Å²) in [6, 6.07) is 1.89. The third kappa shape index (κ3) is 2.72. The fourth-order valence-corrected chi connectivity index (χ4v) is 1.35. The van der Waals surface area contributed by atoms with E-state index in [1.54, 1.807) is 6.92 Å². The number of nitrogens with one attached hydrogen (secondary N) is 1. The van der Waals surface area contributed by atoms with Crippen molar-refractivity contribution in [3.8, 4) is 0 Å².